The van der Waals surface area contributed by atoms with Crippen molar-refractivity contribution >= 4 is 0 Å². The first-order valence-electron chi connectivity index (χ1n) is 12.6. The van der Waals surface area contributed by atoms with Gasteiger partial charge in [0.1, 0.15) is 5.60 Å². The molecule has 0 heterocycles. The van der Waals surface area contributed by atoms with Crippen LogP contribution in [0.25, 0.3) is 0 Å². The van der Waals surface area contributed by atoms with E-state index < -0.39 is 17.8 Å². The molecular formula is C29H44O3. The number of rotatable bonds is 3. The maximum absolute atomic E-state index is 9.98. The summed E-state index contributed by atoms with van der Waals surface area (Å²) in [4.78, 5) is 0. The van der Waals surface area contributed by atoms with E-state index in [9.17, 15) is 15.3 Å². The zero-order valence-corrected chi connectivity index (χ0v) is 20.5. The van der Waals surface area contributed by atoms with Crippen LogP contribution in [0, 0.1) is 34.5 Å². The number of fused-ring (bicyclic) bond motifs is 1. The van der Waals surface area contributed by atoms with Crippen LogP contribution in [0.15, 0.2) is 36.5 Å². The summed E-state index contributed by atoms with van der Waals surface area (Å²) in [6.07, 6.45) is 15.5. The van der Waals surface area contributed by atoms with E-state index in [-0.39, 0.29) is 0 Å². The summed E-state index contributed by atoms with van der Waals surface area (Å²) in [5, 5.41) is 29.9. The number of allylic oxidation sites excluding steroid dienone is 3. The summed E-state index contributed by atoms with van der Waals surface area (Å²) < 4.78 is 0. The van der Waals surface area contributed by atoms with Crippen molar-refractivity contribution in [2.45, 2.75) is 109 Å². The lowest BCUT2D eigenvalue weighted by atomic mass is 9.59. The molecule has 0 radical (unpaired) electrons. The molecule has 5 atom stereocenters. The summed E-state index contributed by atoms with van der Waals surface area (Å²) in [5.74, 6) is 7.77. The zero-order chi connectivity index (χ0) is 23.6. The molecule has 0 aromatic rings. The topological polar surface area (TPSA) is 60.7 Å². The van der Waals surface area contributed by atoms with Crippen LogP contribution in [0.2, 0.25) is 0 Å². The van der Waals surface area contributed by atoms with Gasteiger partial charge in [-0.05, 0) is 101 Å². The molecule has 0 unspecified atom stereocenters. The molecule has 4 rings (SSSR count). The predicted molar refractivity (Wildman–Crippen MR) is 132 cm³/mol. The van der Waals surface area contributed by atoms with Crippen molar-refractivity contribution in [2.24, 2.45) is 22.7 Å². The van der Waals surface area contributed by atoms with E-state index in [1.165, 1.54) is 50.5 Å². The molecule has 0 bridgehead atoms. The van der Waals surface area contributed by atoms with Crippen LogP contribution in [0.4, 0.5) is 0 Å². The molecule has 3 N–H and O–H groups in total. The van der Waals surface area contributed by atoms with Gasteiger partial charge in [0.05, 0.1) is 12.2 Å². The van der Waals surface area contributed by atoms with E-state index in [1.807, 2.05) is 0 Å². The third-order valence-corrected chi connectivity index (χ3v) is 8.50. The lowest BCUT2D eigenvalue weighted by Gasteiger charge is -2.45. The Labute approximate surface area is 195 Å². The first-order valence-corrected chi connectivity index (χ1v) is 12.6. The number of hydrogen-bond donors (Lipinski definition) is 3. The van der Waals surface area contributed by atoms with Gasteiger partial charge in [-0.1, -0.05) is 42.1 Å². The molecule has 4 saturated carbocycles. The summed E-state index contributed by atoms with van der Waals surface area (Å²) in [6.45, 7) is 12.1. The number of hydrogen-bond acceptors (Lipinski definition) is 3. The van der Waals surface area contributed by atoms with Gasteiger partial charge in [0.2, 0.25) is 0 Å². The Balaban J connectivity index is 0.00000141. The molecule has 0 amide bonds. The average Bonchev–Trinajstić information content (AvgIpc) is 3.39. The molecule has 0 saturated heterocycles. The number of aliphatic hydroxyl groups is 3. The lowest BCUT2D eigenvalue weighted by Crippen LogP contribution is -2.37. The van der Waals surface area contributed by atoms with E-state index in [1.54, 1.807) is 19.4 Å². The highest BCUT2D eigenvalue weighted by Crippen LogP contribution is 2.69. The second kappa shape index (κ2) is 9.88. The van der Waals surface area contributed by atoms with Crippen LogP contribution in [-0.4, -0.2) is 33.1 Å². The summed E-state index contributed by atoms with van der Waals surface area (Å²) in [7, 11) is 0. The van der Waals surface area contributed by atoms with Crippen molar-refractivity contribution < 1.29 is 15.3 Å². The highest BCUT2D eigenvalue weighted by molar-refractivity contribution is 5.28. The van der Waals surface area contributed by atoms with Crippen molar-refractivity contribution in [3.05, 3.63) is 36.5 Å². The molecule has 3 nitrogen and oxygen atoms in total. The normalized spacial score (nSPS) is 36.9. The molecule has 0 aliphatic heterocycles. The van der Waals surface area contributed by atoms with Gasteiger partial charge in [0.25, 0.3) is 0 Å². The van der Waals surface area contributed by atoms with Gasteiger partial charge < -0.3 is 15.3 Å². The molecule has 4 aliphatic rings. The molecule has 32 heavy (non-hydrogen) atoms. The van der Waals surface area contributed by atoms with E-state index in [0.29, 0.717) is 36.0 Å². The predicted octanol–water partition coefficient (Wildman–Crippen LogP) is 5.71. The van der Waals surface area contributed by atoms with Gasteiger partial charge in [-0.3, -0.25) is 0 Å². The van der Waals surface area contributed by atoms with E-state index in [0.717, 1.165) is 12.3 Å². The summed E-state index contributed by atoms with van der Waals surface area (Å²) >= 11 is 0. The summed E-state index contributed by atoms with van der Waals surface area (Å²) in [6, 6.07) is 0. The Morgan fingerprint density at radius 2 is 1.72 bits per heavy atom. The largest absolute Gasteiger partial charge is 0.393 e. The van der Waals surface area contributed by atoms with Crippen molar-refractivity contribution in [3.8, 4) is 11.8 Å². The highest BCUT2D eigenvalue weighted by Gasteiger charge is 2.60. The van der Waals surface area contributed by atoms with E-state index >= 15 is 0 Å². The molecular weight excluding hydrogens is 396 g/mol. The maximum Gasteiger partial charge on any atom is 0.119 e. The Bertz CT molecular complexity index is 773. The summed E-state index contributed by atoms with van der Waals surface area (Å²) in [5.41, 5.74) is 2.62. The van der Waals surface area contributed by atoms with Gasteiger partial charge >= 0.3 is 0 Å². The van der Waals surface area contributed by atoms with Gasteiger partial charge in [-0.15, -0.1) is 13.2 Å². The molecule has 0 aromatic carbocycles. The number of aliphatic hydroxyl groups excluding tert-OH is 2. The average molecular weight is 441 g/mol. The Morgan fingerprint density at radius 3 is 2.31 bits per heavy atom. The van der Waals surface area contributed by atoms with Crippen molar-refractivity contribution in [2.75, 3.05) is 0 Å². The smallest absolute Gasteiger partial charge is 0.119 e. The zero-order valence-electron chi connectivity index (χ0n) is 20.5. The van der Waals surface area contributed by atoms with Gasteiger partial charge in [0.15, 0.2) is 0 Å². The van der Waals surface area contributed by atoms with Crippen molar-refractivity contribution in [1.82, 2.24) is 0 Å². The Hall–Kier alpha value is -1.34. The van der Waals surface area contributed by atoms with Gasteiger partial charge in [-0.2, -0.15) is 0 Å². The minimum atomic E-state index is -0.896. The van der Waals surface area contributed by atoms with Crippen LogP contribution >= 0.6 is 0 Å². The van der Waals surface area contributed by atoms with Crippen LogP contribution < -0.4 is 0 Å². The lowest BCUT2D eigenvalue weighted by molar-refractivity contribution is 0.0609. The molecule has 4 aliphatic carbocycles. The van der Waals surface area contributed by atoms with Crippen LogP contribution in [0.5, 0.6) is 0 Å². The van der Waals surface area contributed by atoms with Crippen molar-refractivity contribution in [1.29, 1.82) is 0 Å². The minimum Gasteiger partial charge on any atom is -0.393 e. The molecule has 0 spiro atoms. The Kier molecular flexibility index (Phi) is 7.81. The van der Waals surface area contributed by atoms with Gasteiger partial charge in [-0.25, -0.2) is 0 Å². The fourth-order valence-electron chi connectivity index (χ4n) is 7.02. The van der Waals surface area contributed by atoms with Crippen LogP contribution in [-0.2, 0) is 0 Å². The SMILES string of the molecule is C=C.CC(C)(O)C#CCC1([C@H]2CC[C@H]3/C(=C/C=C4C[C@@H](O)C[C@H](O)C4)CCC[C@]23C)CC1. The first kappa shape index (κ1) is 25.3. The van der Waals surface area contributed by atoms with Gasteiger partial charge in [0, 0.05) is 6.42 Å². The fourth-order valence-corrected chi connectivity index (χ4v) is 7.02. The van der Waals surface area contributed by atoms with Crippen LogP contribution in [0.3, 0.4) is 0 Å². The standard InChI is InChI=1S/C27H40O3.C2H4/c1-25(2,30)11-5-13-27(14-15-27)24-10-9-23-20(6-4-12-26(23,24)3)8-7-19-16-21(28)18-22(29)17-19;1-2/h7-8,21-24,28-30H,4,6,9-10,12-18H2,1-3H3;1-2H2/b20-8+;/t21-,22-,23+,24+,26+;/m1./s1. The molecule has 0 aromatic heterocycles. The second-order valence-corrected chi connectivity index (χ2v) is 11.5. The van der Waals surface area contributed by atoms with Crippen molar-refractivity contribution in [3.63, 3.8) is 0 Å². The highest BCUT2D eigenvalue weighted by atomic mass is 16.3. The Morgan fingerprint density at radius 1 is 1.06 bits per heavy atom. The maximum atomic E-state index is 9.98. The minimum absolute atomic E-state index is 0.362. The molecule has 178 valence electrons. The van der Waals surface area contributed by atoms with E-state index in [4.69, 9.17) is 0 Å². The quantitative estimate of drug-likeness (QED) is 0.389. The third-order valence-electron chi connectivity index (χ3n) is 8.50. The monoisotopic (exact) mass is 440 g/mol. The van der Waals surface area contributed by atoms with Crippen LogP contribution in [0.1, 0.15) is 91.4 Å². The fraction of sp³-hybridized carbons (Fsp3) is 0.724. The third kappa shape index (κ3) is 5.58. The van der Waals surface area contributed by atoms with E-state index in [2.05, 4.69) is 44.1 Å². The molecule has 3 heteroatoms. The molecule has 4 fully saturated rings. The first-order chi connectivity index (χ1) is 15.1. The second-order valence-electron chi connectivity index (χ2n) is 11.5.